The van der Waals surface area contributed by atoms with E-state index >= 15 is 0 Å². The number of rotatable bonds is 9. The molecule has 0 amide bonds. The second-order valence-corrected chi connectivity index (χ2v) is 9.34. The molecule has 4 heterocycles. The highest BCUT2D eigenvalue weighted by molar-refractivity contribution is 5.84. The molecule has 0 N–H and O–H groups in total. The Morgan fingerprint density at radius 2 is 2.19 bits per heavy atom. The summed E-state index contributed by atoms with van der Waals surface area (Å²) < 4.78 is 17.2. The van der Waals surface area contributed by atoms with Crippen molar-refractivity contribution in [3.05, 3.63) is 48.7 Å². The zero-order valence-corrected chi connectivity index (χ0v) is 19.3. The summed E-state index contributed by atoms with van der Waals surface area (Å²) in [6.07, 6.45) is 5.87. The number of fused-ring (bicyclic) bond motifs is 4. The zero-order valence-electron chi connectivity index (χ0n) is 19.3. The van der Waals surface area contributed by atoms with E-state index in [1.165, 1.54) is 6.42 Å². The normalized spacial score (nSPS) is 25.6. The van der Waals surface area contributed by atoms with Crippen LogP contribution in [0.2, 0.25) is 0 Å². The monoisotopic (exact) mass is 438 g/mol. The third-order valence-electron chi connectivity index (χ3n) is 6.75. The zero-order chi connectivity index (χ0) is 22.7. The maximum atomic E-state index is 12.4. The van der Waals surface area contributed by atoms with E-state index in [2.05, 4.69) is 22.5 Å². The molecule has 0 spiro atoms. The van der Waals surface area contributed by atoms with Crippen molar-refractivity contribution in [3.63, 3.8) is 0 Å². The van der Waals surface area contributed by atoms with Crippen molar-refractivity contribution in [1.82, 2.24) is 9.88 Å². The molecule has 3 aliphatic heterocycles. The number of carbonyl (C=O) groups excluding carboxylic acids is 1. The molecule has 3 fully saturated rings. The van der Waals surface area contributed by atoms with Crippen LogP contribution in [-0.2, 0) is 14.3 Å². The summed E-state index contributed by atoms with van der Waals surface area (Å²) >= 11 is 0. The molecule has 6 nitrogen and oxygen atoms in total. The molecule has 0 radical (unpaired) electrons. The number of benzene rings is 1. The Morgan fingerprint density at radius 1 is 1.34 bits per heavy atom. The summed E-state index contributed by atoms with van der Waals surface area (Å²) in [4.78, 5) is 19.4. The predicted octanol–water partition coefficient (Wildman–Crippen LogP) is 4.40. The van der Waals surface area contributed by atoms with Crippen LogP contribution in [0.25, 0.3) is 10.9 Å². The van der Waals surface area contributed by atoms with E-state index in [4.69, 9.17) is 14.2 Å². The number of methoxy groups -OCH3 is 1. The standard InChI is InChI=1S/C26H34N2O4/c1-5-18-14-28-11-9-19(18)12-24(28)26(32-16-25(29)31-15-17(2)3)21-8-10-27-23-7-6-20(30-4)13-22(21)23/h5-8,10,13,17-19,24,26H,1,9,11-12,14-16H2,2-4H3/t18-,19?,24-,26+/m1/s1. The number of piperidine rings is 3. The van der Waals surface area contributed by atoms with Crippen molar-refractivity contribution in [3.8, 4) is 5.75 Å². The second-order valence-electron chi connectivity index (χ2n) is 9.34. The lowest BCUT2D eigenvalue weighted by molar-refractivity contribution is -0.156. The van der Waals surface area contributed by atoms with Gasteiger partial charge in [0.15, 0.2) is 0 Å². The number of pyridine rings is 1. The van der Waals surface area contributed by atoms with Crippen LogP contribution in [0.4, 0.5) is 0 Å². The van der Waals surface area contributed by atoms with Gasteiger partial charge in [-0.1, -0.05) is 19.9 Å². The fraction of sp³-hybridized carbons (Fsp3) is 0.538. The van der Waals surface area contributed by atoms with Crippen LogP contribution in [0.5, 0.6) is 5.75 Å². The van der Waals surface area contributed by atoms with Crippen LogP contribution >= 0.6 is 0 Å². The molecule has 3 saturated heterocycles. The van der Waals surface area contributed by atoms with E-state index in [0.29, 0.717) is 24.4 Å². The molecular formula is C26H34N2O4. The molecule has 2 unspecified atom stereocenters. The van der Waals surface area contributed by atoms with Gasteiger partial charge in [0.1, 0.15) is 12.4 Å². The quantitative estimate of drug-likeness (QED) is 0.427. The molecule has 5 atom stereocenters. The molecule has 0 aliphatic carbocycles. The predicted molar refractivity (Wildman–Crippen MR) is 125 cm³/mol. The van der Waals surface area contributed by atoms with Gasteiger partial charge in [0.2, 0.25) is 0 Å². The number of esters is 1. The highest BCUT2D eigenvalue weighted by Crippen LogP contribution is 2.43. The van der Waals surface area contributed by atoms with E-state index in [1.54, 1.807) is 7.11 Å². The number of carbonyl (C=O) groups is 1. The summed E-state index contributed by atoms with van der Waals surface area (Å²) in [5, 5.41) is 0.996. The van der Waals surface area contributed by atoms with Crippen molar-refractivity contribution < 1.29 is 19.0 Å². The molecule has 1 aromatic carbocycles. The Balaban J connectivity index is 1.65. The maximum Gasteiger partial charge on any atom is 0.332 e. The van der Waals surface area contributed by atoms with Gasteiger partial charge in [-0.3, -0.25) is 9.88 Å². The van der Waals surface area contributed by atoms with Crippen LogP contribution in [0.3, 0.4) is 0 Å². The summed E-state index contributed by atoms with van der Waals surface area (Å²) in [7, 11) is 1.66. The Kier molecular flexibility index (Phi) is 7.11. The minimum atomic E-state index is -0.320. The van der Waals surface area contributed by atoms with Gasteiger partial charge < -0.3 is 14.2 Å². The van der Waals surface area contributed by atoms with Crippen LogP contribution in [0.15, 0.2) is 43.1 Å². The molecule has 2 bridgehead atoms. The molecule has 3 aliphatic rings. The number of nitrogens with zero attached hydrogens (tertiary/aromatic N) is 2. The highest BCUT2D eigenvalue weighted by Gasteiger charge is 2.43. The molecule has 2 aromatic rings. The van der Waals surface area contributed by atoms with Crippen molar-refractivity contribution in [2.75, 3.05) is 33.4 Å². The Bertz CT molecular complexity index is 960. The van der Waals surface area contributed by atoms with Gasteiger partial charge in [0.05, 0.1) is 25.3 Å². The van der Waals surface area contributed by atoms with Crippen molar-refractivity contribution in [1.29, 1.82) is 0 Å². The second kappa shape index (κ2) is 10.0. The first-order chi connectivity index (χ1) is 15.5. The van der Waals surface area contributed by atoms with Gasteiger partial charge in [-0.25, -0.2) is 4.79 Å². The van der Waals surface area contributed by atoms with E-state index in [9.17, 15) is 4.79 Å². The first kappa shape index (κ1) is 22.7. The molecule has 6 heteroatoms. The third kappa shape index (κ3) is 4.81. The first-order valence-electron chi connectivity index (χ1n) is 11.6. The average Bonchev–Trinajstić information content (AvgIpc) is 2.82. The fourth-order valence-corrected chi connectivity index (χ4v) is 5.08. The summed E-state index contributed by atoms with van der Waals surface area (Å²) in [5.41, 5.74) is 1.93. The van der Waals surface area contributed by atoms with Gasteiger partial charge in [-0.2, -0.15) is 0 Å². The molecule has 32 heavy (non-hydrogen) atoms. The molecular weight excluding hydrogens is 404 g/mol. The average molecular weight is 439 g/mol. The third-order valence-corrected chi connectivity index (χ3v) is 6.75. The smallest absolute Gasteiger partial charge is 0.332 e. The van der Waals surface area contributed by atoms with Gasteiger partial charge in [0, 0.05) is 24.2 Å². The SMILES string of the molecule is C=C[C@@H]1CN2CCC1C[C@@H]2[C@@H](OCC(=O)OCC(C)C)c1ccnc2ccc(OC)cc12. The van der Waals surface area contributed by atoms with Gasteiger partial charge >= 0.3 is 5.97 Å². The van der Waals surface area contributed by atoms with E-state index in [1.807, 2.05) is 44.3 Å². The van der Waals surface area contributed by atoms with Gasteiger partial charge in [-0.05, 0) is 67.0 Å². The summed E-state index contributed by atoms with van der Waals surface area (Å²) in [6.45, 7) is 10.5. The molecule has 0 saturated carbocycles. The Morgan fingerprint density at radius 3 is 2.88 bits per heavy atom. The first-order valence-corrected chi connectivity index (χ1v) is 11.6. The minimum absolute atomic E-state index is 0.0644. The number of hydrogen-bond acceptors (Lipinski definition) is 6. The van der Waals surface area contributed by atoms with Crippen molar-refractivity contribution >= 4 is 16.9 Å². The van der Waals surface area contributed by atoms with Crippen LogP contribution < -0.4 is 4.74 Å². The van der Waals surface area contributed by atoms with Crippen LogP contribution in [0, 0.1) is 17.8 Å². The van der Waals surface area contributed by atoms with Crippen molar-refractivity contribution in [2.24, 2.45) is 17.8 Å². The van der Waals surface area contributed by atoms with Gasteiger partial charge in [-0.15, -0.1) is 6.58 Å². The Labute approximate surface area is 190 Å². The lowest BCUT2D eigenvalue weighted by Crippen LogP contribution is -2.55. The number of ether oxygens (including phenoxy) is 3. The fourth-order valence-electron chi connectivity index (χ4n) is 5.08. The lowest BCUT2D eigenvalue weighted by atomic mass is 9.73. The van der Waals surface area contributed by atoms with E-state index in [-0.39, 0.29) is 24.7 Å². The lowest BCUT2D eigenvalue weighted by Gasteiger charge is -2.51. The number of aromatic nitrogens is 1. The number of hydrogen-bond donors (Lipinski definition) is 0. The maximum absolute atomic E-state index is 12.4. The van der Waals surface area contributed by atoms with Crippen LogP contribution in [0.1, 0.15) is 38.4 Å². The van der Waals surface area contributed by atoms with E-state index < -0.39 is 0 Å². The topological polar surface area (TPSA) is 60.9 Å². The molecule has 1 aromatic heterocycles. The van der Waals surface area contributed by atoms with Crippen molar-refractivity contribution in [2.45, 2.75) is 38.8 Å². The van der Waals surface area contributed by atoms with Gasteiger partial charge in [0.25, 0.3) is 0 Å². The largest absolute Gasteiger partial charge is 0.497 e. The van der Waals surface area contributed by atoms with Crippen LogP contribution in [-0.4, -0.2) is 55.3 Å². The Hall–Kier alpha value is -2.44. The minimum Gasteiger partial charge on any atom is -0.497 e. The summed E-state index contributed by atoms with van der Waals surface area (Å²) in [6, 6.07) is 8.10. The summed E-state index contributed by atoms with van der Waals surface area (Å²) in [5.74, 6) is 1.87. The molecule has 172 valence electrons. The molecule has 5 rings (SSSR count). The highest BCUT2D eigenvalue weighted by atomic mass is 16.6. The van der Waals surface area contributed by atoms with E-state index in [0.717, 1.165) is 41.7 Å².